The third-order valence-electron chi connectivity index (χ3n) is 7.17. The summed E-state index contributed by atoms with van der Waals surface area (Å²) in [6.07, 6.45) is 0. The minimum atomic E-state index is -0.237. The van der Waals surface area contributed by atoms with E-state index in [1.54, 1.807) is 17.4 Å². The molecule has 5 rings (SSSR count). The van der Waals surface area contributed by atoms with Crippen LogP contribution in [0.15, 0.2) is 96.4 Å². The lowest BCUT2D eigenvalue weighted by Crippen LogP contribution is -2.50. The van der Waals surface area contributed by atoms with Crippen LogP contribution in [0.3, 0.4) is 0 Å². The lowest BCUT2D eigenvalue weighted by atomic mass is 9.96. The van der Waals surface area contributed by atoms with Gasteiger partial charge in [-0.25, -0.2) is 9.78 Å². The SMILES string of the molecule is COCCN(Cc1nc(C(=O)N2CCN(C(c3ccccc3)c3ccccc3)CC2)cs1)C(=O)Nc1ccccc1. The van der Waals surface area contributed by atoms with E-state index in [4.69, 9.17) is 4.74 Å². The number of aromatic nitrogens is 1. The summed E-state index contributed by atoms with van der Waals surface area (Å²) in [4.78, 5) is 37.0. The third kappa shape index (κ3) is 7.38. The molecule has 1 aliphatic heterocycles. The Hall–Kier alpha value is -4.05. The minimum absolute atomic E-state index is 0.0692. The third-order valence-corrected chi connectivity index (χ3v) is 8.01. The smallest absolute Gasteiger partial charge is 0.322 e. The van der Waals surface area contributed by atoms with Crippen LogP contribution in [0.2, 0.25) is 0 Å². The van der Waals surface area contributed by atoms with Gasteiger partial charge in [-0.2, -0.15) is 0 Å². The molecule has 3 amide bonds. The van der Waals surface area contributed by atoms with E-state index in [-0.39, 0.29) is 18.0 Å². The molecule has 1 aliphatic rings. The van der Waals surface area contributed by atoms with Crippen LogP contribution in [-0.4, -0.2) is 78.1 Å². The summed E-state index contributed by atoms with van der Waals surface area (Å²) in [6.45, 7) is 3.88. The zero-order valence-corrected chi connectivity index (χ0v) is 24.0. The van der Waals surface area contributed by atoms with Crippen LogP contribution in [-0.2, 0) is 11.3 Å². The van der Waals surface area contributed by atoms with Crippen molar-refractivity contribution >= 4 is 29.0 Å². The second-order valence-electron chi connectivity index (χ2n) is 9.89. The molecule has 1 aromatic heterocycles. The molecule has 0 saturated carbocycles. The fourth-order valence-corrected chi connectivity index (χ4v) is 5.84. The molecule has 9 heteroatoms. The highest BCUT2D eigenvalue weighted by Gasteiger charge is 2.29. The number of para-hydroxylation sites is 1. The molecule has 2 heterocycles. The number of piperazine rings is 1. The van der Waals surface area contributed by atoms with Crippen LogP contribution < -0.4 is 5.32 Å². The number of hydrogen-bond acceptors (Lipinski definition) is 6. The van der Waals surface area contributed by atoms with E-state index in [2.05, 4.69) is 63.7 Å². The van der Waals surface area contributed by atoms with Crippen molar-refractivity contribution in [3.8, 4) is 0 Å². The highest BCUT2D eigenvalue weighted by Crippen LogP contribution is 2.29. The number of carbonyl (C=O) groups is 2. The topological polar surface area (TPSA) is 78.0 Å². The summed E-state index contributed by atoms with van der Waals surface area (Å²) in [7, 11) is 1.61. The van der Waals surface area contributed by atoms with E-state index >= 15 is 0 Å². The number of carbonyl (C=O) groups excluding carboxylic acids is 2. The van der Waals surface area contributed by atoms with E-state index in [1.807, 2.05) is 47.4 Å². The lowest BCUT2D eigenvalue weighted by Gasteiger charge is -2.39. The predicted molar refractivity (Wildman–Crippen MR) is 162 cm³/mol. The van der Waals surface area contributed by atoms with E-state index in [1.165, 1.54) is 22.5 Å². The van der Waals surface area contributed by atoms with Crippen LogP contribution in [0.4, 0.5) is 10.5 Å². The van der Waals surface area contributed by atoms with Gasteiger partial charge in [0.25, 0.3) is 5.91 Å². The molecule has 8 nitrogen and oxygen atoms in total. The van der Waals surface area contributed by atoms with E-state index in [0.717, 1.165) is 18.8 Å². The Balaban J connectivity index is 1.21. The molecule has 0 atom stereocenters. The Bertz CT molecular complexity index is 1350. The Morgan fingerprint density at radius 1 is 0.902 bits per heavy atom. The van der Waals surface area contributed by atoms with Crippen molar-refractivity contribution in [3.05, 3.63) is 118 Å². The summed E-state index contributed by atoms with van der Waals surface area (Å²) in [6, 6.07) is 30.3. The molecule has 0 aliphatic carbocycles. The molecule has 1 fully saturated rings. The molecule has 3 aromatic carbocycles. The van der Waals surface area contributed by atoms with Gasteiger partial charge >= 0.3 is 6.03 Å². The van der Waals surface area contributed by atoms with Gasteiger partial charge in [-0.1, -0.05) is 78.9 Å². The summed E-state index contributed by atoms with van der Waals surface area (Å²) >= 11 is 1.40. The van der Waals surface area contributed by atoms with Gasteiger partial charge in [0.1, 0.15) is 10.7 Å². The first kappa shape index (κ1) is 28.5. The molecule has 1 saturated heterocycles. The maximum absolute atomic E-state index is 13.4. The first-order chi connectivity index (χ1) is 20.1. The van der Waals surface area contributed by atoms with Gasteiger partial charge in [0.05, 0.1) is 19.2 Å². The quantitative estimate of drug-likeness (QED) is 0.278. The monoisotopic (exact) mass is 569 g/mol. The van der Waals surface area contributed by atoms with E-state index < -0.39 is 0 Å². The summed E-state index contributed by atoms with van der Waals surface area (Å²) in [5.41, 5.74) is 3.64. The van der Waals surface area contributed by atoms with Crippen molar-refractivity contribution in [3.63, 3.8) is 0 Å². The van der Waals surface area contributed by atoms with Gasteiger partial charge in [-0.3, -0.25) is 9.69 Å². The van der Waals surface area contributed by atoms with Gasteiger partial charge in [0.15, 0.2) is 0 Å². The molecular formula is C32H35N5O3S. The van der Waals surface area contributed by atoms with Crippen molar-refractivity contribution in [1.29, 1.82) is 0 Å². The standard InChI is InChI=1S/C32H35N5O3S/c1-40-22-21-37(32(39)33-27-15-9-4-10-16-27)23-29-34-28(24-41-29)31(38)36-19-17-35(18-20-36)30(25-11-5-2-6-12-25)26-13-7-3-8-14-26/h2-16,24,30H,17-23H2,1H3,(H,33,39). The fraction of sp³-hybridized carbons (Fsp3) is 0.281. The van der Waals surface area contributed by atoms with Crippen LogP contribution >= 0.6 is 11.3 Å². The number of thiazole rings is 1. The first-order valence-corrected chi connectivity index (χ1v) is 14.7. The van der Waals surface area contributed by atoms with Crippen molar-refractivity contribution in [2.75, 3.05) is 51.8 Å². The maximum Gasteiger partial charge on any atom is 0.322 e. The minimum Gasteiger partial charge on any atom is -0.383 e. The molecule has 41 heavy (non-hydrogen) atoms. The van der Waals surface area contributed by atoms with Gasteiger partial charge in [-0.05, 0) is 23.3 Å². The fourth-order valence-electron chi connectivity index (χ4n) is 5.05. The van der Waals surface area contributed by atoms with Crippen molar-refractivity contribution < 1.29 is 14.3 Å². The lowest BCUT2D eigenvalue weighted by molar-refractivity contribution is 0.0592. The molecule has 0 radical (unpaired) electrons. The van der Waals surface area contributed by atoms with Crippen LogP contribution in [0.25, 0.3) is 0 Å². The van der Waals surface area contributed by atoms with Crippen molar-refractivity contribution in [2.45, 2.75) is 12.6 Å². The Morgan fingerprint density at radius 2 is 1.49 bits per heavy atom. The number of urea groups is 1. The predicted octanol–water partition coefficient (Wildman–Crippen LogP) is 5.37. The molecule has 4 aromatic rings. The Kier molecular flexibility index (Phi) is 9.74. The number of benzene rings is 3. The molecule has 0 bridgehead atoms. The Morgan fingerprint density at radius 3 is 2.07 bits per heavy atom. The number of nitrogens with zero attached hydrogens (tertiary/aromatic N) is 4. The second-order valence-corrected chi connectivity index (χ2v) is 10.8. The van der Waals surface area contributed by atoms with Crippen molar-refractivity contribution in [1.82, 2.24) is 19.7 Å². The van der Waals surface area contributed by atoms with Crippen LogP contribution in [0, 0.1) is 0 Å². The van der Waals surface area contributed by atoms with Crippen LogP contribution in [0.5, 0.6) is 0 Å². The molecule has 0 spiro atoms. The maximum atomic E-state index is 13.4. The first-order valence-electron chi connectivity index (χ1n) is 13.8. The summed E-state index contributed by atoms with van der Waals surface area (Å²) in [5, 5.41) is 5.42. The molecular weight excluding hydrogens is 534 g/mol. The van der Waals surface area contributed by atoms with Gasteiger partial charge < -0.3 is 19.9 Å². The van der Waals surface area contributed by atoms with Gasteiger partial charge in [0, 0.05) is 50.9 Å². The number of anilines is 1. The number of nitrogens with one attached hydrogen (secondary N) is 1. The zero-order valence-electron chi connectivity index (χ0n) is 23.2. The molecule has 212 valence electrons. The second kappa shape index (κ2) is 14.0. The zero-order chi connectivity index (χ0) is 28.4. The normalized spacial score (nSPS) is 13.8. The number of amides is 3. The summed E-state index contributed by atoms with van der Waals surface area (Å²) in [5.74, 6) is -0.0692. The molecule has 0 unspecified atom stereocenters. The van der Waals surface area contributed by atoms with Gasteiger partial charge in [-0.15, -0.1) is 11.3 Å². The number of hydrogen-bond donors (Lipinski definition) is 1. The number of rotatable bonds is 10. The number of methoxy groups -OCH3 is 1. The average molecular weight is 570 g/mol. The molecule has 1 N–H and O–H groups in total. The van der Waals surface area contributed by atoms with Gasteiger partial charge in [0.2, 0.25) is 0 Å². The van der Waals surface area contributed by atoms with Crippen LogP contribution in [0.1, 0.15) is 32.7 Å². The summed E-state index contributed by atoms with van der Waals surface area (Å²) < 4.78 is 5.21. The van der Waals surface area contributed by atoms with E-state index in [0.29, 0.717) is 43.5 Å². The van der Waals surface area contributed by atoms with E-state index in [9.17, 15) is 9.59 Å². The Labute approximate surface area is 245 Å². The highest BCUT2D eigenvalue weighted by molar-refractivity contribution is 7.09. The number of ether oxygens (including phenoxy) is 1. The van der Waals surface area contributed by atoms with Crippen molar-refractivity contribution in [2.24, 2.45) is 0 Å². The average Bonchev–Trinajstić information content (AvgIpc) is 3.49. The highest BCUT2D eigenvalue weighted by atomic mass is 32.1. The largest absolute Gasteiger partial charge is 0.383 e.